The van der Waals surface area contributed by atoms with E-state index in [1.165, 1.54) is 0 Å². The van der Waals surface area contributed by atoms with Gasteiger partial charge < -0.3 is 19.5 Å². The normalized spacial score (nSPS) is 21.0. The van der Waals surface area contributed by atoms with Crippen molar-refractivity contribution >= 4 is 23.2 Å². The Morgan fingerprint density at radius 1 is 1.31 bits per heavy atom. The summed E-state index contributed by atoms with van der Waals surface area (Å²) < 4.78 is 12.6. The van der Waals surface area contributed by atoms with Crippen LogP contribution in [0.4, 0.5) is 0 Å². The first kappa shape index (κ1) is 20.9. The number of fused-ring (bicyclic) bond motifs is 4. The molecular weight excluding hydrogens is 430 g/mol. The molecule has 1 spiro atoms. The fourth-order valence-electron chi connectivity index (χ4n) is 4.94. The Morgan fingerprint density at radius 2 is 2.09 bits per heavy atom. The number of piperidine rings is 1. The van der Waals surface area contributed by atoms with Crippen LogP contribution in [0.2, 0.25) is 5.02 Å². The molecule has 0 radical (unpaired) electrons. The molecule has 5 rings (SSSR count). The maximum absolute atomic E-state index is 11.9. The average Bonchev–Trinajstić information content (AvgIpc) is 3.23. The number of rotatable bonds is 3. The third kappa shape index (κ3) is 3.35. The molecule has 0 saturated carbocycles. The highest BCUT2D eigenvalue weighted by atomic mass is 35.5. The first-order valence-electron chi connectivity index (χ1n) is 11.0. The Kier molecular flexibility index (Phi) is 5.16. The lowest BCUT2D eigenvalue weighted by atomic mass is 9.90. The second kappa shape index (κ2) is 7.89. The van der Waals surface area contributed by atoms with Gasteiger partial charge in [-0.15, -0.1) is 0 Å². The number of hydrogen-bond donors (Lipinski definition) is 1. The van der Waals surface area contributed by atoms with Gasteiger partial charge in [0.05, 0.1) is 18.4 Å². The Morgan fingerprint density at radius 3 is 2.81 bits per heavy atom. The third-order valence-corrected chi connectivity index (χ3v) is 6.78. The summed E-state index contributed by atoms with van der Waals surface area (Å²) in [4.78, 5) is 13.8. The summed E-state index contributed by atoms with van der Waals surface area (Å²) >= 11 is 6.21. The number of carbonyl (C=O) groups excluding carboxylic acids is 1. The number of ether oxygens (including phenoxy) is 2. The van der Waals surface area contributed by atoms with Crippen LogP contribution in [-0.4, -0.2) is 52.1 Å². The van der Waals surface area contributed by atoms with E-state index in [9.17, 15) is 9.90 Å². The number of hydrazone groups is 1. The molecule has 8 heteroatoms. The monoisotopic (exact) mass is 455 g/mol. The SMILES string of the molecule is CCOc1cccc2c1OC1(CCN(C(C)=O)CC1)N1N=C(c3cc(Cl)ccc3O)C[C@@H]21. The van der Waals surface area contributed by atoms with Gasteiger partial charge in [-0.25, -0.2) is 5.01 Å². The average molecular weight is 456 g/mol. The molecule has 0 unspecified atom stereocenters. The van der Waals surface area contributed by atoms with Gasteiger partial charge in [0.2, 0.25) is 11.6 Å². The fourth-order valence-corrected chi connectivity index (χ4v) is 5.11. The molecule has 3 aliphatic rings. The summed E-state index contributed by atoms with van der Waals surface area (Å²) in [6.45, 7) is 5.28. The zero-order valence-electron chi connectivity index (χ0n) is 18.2. The van der Waals surface area contributed by atoms with Gasteiger partial charge in [0.25, 0.3) is 0 Å². The lowest BCUT2D eigenvalue weighted by molar-refractivity contribution is -0.159. The Labute approximate surface area is 192 Å². The smallest absolute Gasteiger partial charge is 0.219 e. The number of likely N-dealkylation sites (tertiary alicyclic amines) is 1. The first-order chi connectivity index (χ1) is 15.4. The van der Waals surface area contributed by atoms with E-state index in [4.69, 9.17) is 26.2 Å². The Bertz CT molecular complexity index is 1090. The summed E-state index contributed by atoms with van der Waals surface area (Å²) in [6, 6.07) is 10.9. The van der Waals surface area contributed by atoms with E-state index in [-0.39, 0.29) is 17.7 Å². The molecule has 7 nitrogen and oxygen atoms in total. The molecule has 1 amide bonds. The van der Waals surface area contributed by atoms with Gasteiger partial charge in [-0.3, -0.25) is 4.79 Å². The summed E-state index contributed by atoms with van der Waals surface area (Å²) in [5.74, 6) is 1.69. The van der Waals surface area contributed by atoms with Crippen LogP contribution in [0, 0.1) is 0 Å². The van der Waals surface area contributed by atoms with Gasteiger partial charge in [0, 0.05) is 55.4 Å². The second-order valence-corrected chi connectivity index (χ2v) is 8.87. The molecule has 0 bridgehead atoms. The third-order valence-electron chi connectivity index (χ3n) is 6.55. The quantitative estimate of drug-likeness (QED) is 0.745. The largest absolute Gasteiger partial charge is 0.507 e. The number of phenols is 1. The van der Waals surface area contributed by atoms with Gasteiger partial charge in [-0.2, -0.15) is 5.10 Å². The number of halogens is 1. The maximum atomic E-state index is 11.9. The molecule has 1 saturated heterocycles. The van der Waals surface area contributed by atoms with Crippen molar-refractivity contribution in [1.82, 2.24) is 9.91 Å². The van der Waals surface area contributed by atoms with Crippen LogP contribution in [0.25, 0.3) is 0 Å². The highest BCUT2D eigenvalue weighted by Gasteiger charge is 2.53. The van der Waals surface area contributed by atoms with Crippen LogP contribution >= 0.6 is 11.6 Å². The maximum Gasteiger partial charge on any atom is 0.219 e. The van der Waals surface area contributed by atoms with Crippen molar-refractivity contribution in [3.05, 3.63) is 52.5 Å². The minimum Gasteiger partial charge on any atom is -0.507 e. The molecule has 2 aromatic rings. The minimum atomic E-state index is -0.688. The van der Waals surface area contributed by atoms with E-state index in [1.807, 2.05) is 35.0 Å². The number of hydrogen-bond acceptors (Lipinski definition) is 6. The zero-order valence-corrected chi connectivity index (χ0v) is 18.9. The molecule has 1 N–H and O–H groups in total. The summed E-state index contributed by atoms with van der Waals surface area (Å²) in [5, 5.41) is 18.0. The highest BCUT2D eigenvalue weighted by Crippen LogP contribution is 2.53. The van der Waals surface area contributed by atoms with E-state index in [0.29, 0.717) is 49.5 Å². The predicted molar refractivity (Wildman–Crippen MR) is 121 cm³/mol. The van der Waals surface area contributed by atoms with Gasteiger partial charge in [-0.05, 0) is 31.2 Å². The van der Waals surface area contributed by atoms with Crippen LogP contribution in [-0.2, 0) is 4.79 Å². The van der Waals surface area contributed by atoms with E-state index in [2.05, 4.69) is 0 Å². The fraction of sp³-hybridized carbons (Fsp3) is 0.417. The van der Waals surface area contributed by atoms with Crippen molar-refractivity contribution in [3.8, 4) is 17.2 Å². The Balaban J connectivity index is 1.59. The molecule has 0 aliphatic carbocycles. The first-order valence-corrected chi connectivity index (χ1v) is 11.4. The van der Waals surface area contributed by atoms with Crippen molar-refractivity contribution < 1.29 is 19.4 Å². The van der Waals surface area contributed by atoms with Gasteiger partial charge >= 0.3 is 0 Å². The topological polar surface area (TPSA) is 74.6 Å². The van der Waals surface area contributed by atoms with Crippen molar-refractivity contribution in [2.24, 2.45) is 5.10 Å². The summed E-state index contributed by atoms with van der Waals surface area (Å²) in [5.41, 5.74) is 1.72. The van der Waals surface area contributed by atoms with Crippen LogP contribution in [0.3, 0.4) is 0 Å². The van der Waals surface area contributed by atoms with Crippen molar-refractivity contribution in [2.45, 2.75) is 44.9 Å². The molecule has 1 fully saturated rings. The van der Waals surface area contributed by atoms with E-state index < -0.39 is 5.72 Å². The number of nitrogens with zero attached hydrogens (tertiary/aromatic N) is 3. The van der Waals surface area contributed by atoms with Crippen molar-refractivity contribution in [2.75, 3.05) is 19.7 Å². The van der Waals surface area contributed by atoms with Crippen LogP contribution in [0.5, 0.6) is 17.2 Å². The number of aromatic hydroxyl groups is 1. The molecule has 0 aromatic heterocycles. The molecule has 168 valence electrons. The molecule has 2 aromatic carbocycles. The minimum absolute atomic E-state index is 0.0589. The van der Waals surface area contributed by atoms with Crippen LogP contribution in [0.1, 0.15) is 50.3 Å². The van der Waals surface area contributed by atoms with E-state index in [1.54, 1.807) is 25.1 Å². The van der Waals surface area contributed by atoms with E-state index in [0.717, 1.165) is 22.8 Å². The van der Waals surface area contributed by atoms with Gasteiger partial charge in [0.1, 0.15) is 5.75 Å². The summed E-state index contributed by atoms with van der Waals surface area (Å²) in [7, 11) is 0. The Hall–Kier alpha value is -2.93. The lowest BCUT2D eigenvalue weighted by Gasteiger charge is -2.51. The number of amides is 1. The lowest BCUT2D eigenvalue weighted by Crippen LogP contribution is -2.59. The molecule has 3 aliphatic heterocycles. The second-order valence-electron chi connectivity index (χ2n) is 8.43. The van der Waals surface area contributed by atoms with E-state index >= 15 is 0 Å². The van der Waals surface area contributed by atoms with Crippen molar-refractivity contribution in [3.63, 3.8) is 0 Å². The summed E-state index contributed by atoms with van der Waals surface area (Å²) in [6.07, 6.45) is 1.86. The van der Waals surface area contributed by atoms with Crippen LogP contribution < -0.4 is 9.47 Å². The van der Waals surface area contributed by atoms with Crippen LogP contribution in [0.15, 0.2) is 41.5 Å². The zero-order chi connectivity index (χ0) is 22.5. The molecule has 32 heavy (non-hydrogen) atoms. The van der Waals surface area contributed by atoms with Crippen molar-refractivity contribution in [1.29, 1.82) is 0 Å². The highest BCUT2D eigenvalue weighted by molar-refractivity contribution is 6.31. The number of para-hydroxylation sites is 1. The number of carbonyl (C=O) groups is 1. The number of benzene rings is 2. The number of phenolic OH excluding ortho intramolecular Hbond substituents is 1. The van der Waals surface area contributed by atoms with Gasteiger partial charge in [0.15, 0.2) is 11.5 Å². The molecule has 1 atom stereocenters. The standard InChI is InChI=1S/C24H26ClN3O4/c1-3-31-22-6-4-5-17-20-14-19(18-13-16(25)7-8-21(18)30)26-28(20)24(32-23(17)22)9-11-27(12-10-24)15(2)29/h4-8,13,20,30H,3,9-12,14H2,1-2H3/t20-/m0/s1. The molecule has 3 heterocycles. The predicted octanol–water partition coefficient (Wildman–Crippen LogP) is 4.33. The van der Waals surface area contributed by atoms with Gasteiger partial charge in [-0.1, -0.05) is 23.7 Å². The molecular formula is C24H26ClN3O4.